The highest BCUT2D eigenvalue weighted by Gasteiger charge is 2.31. The number of piperidine rings is 1. The first kappa shape index (κ1) is 24.4. The molecule has 4 rings (SSSR count). The van der Waals surface area contributed by atoms with Crippen molar-refractivity contribution in [3.05, 3.63) is 92.9 Å². The topological polar surface area (TPSA) is 49.4 Å². The van der Waals surface area contributed by atoms with Crippen LogP contribution in [0.4, 0.5) is 5.69 Å². The van der Waals surface area contributed by atoms with E-state index in [-0.39, 0.29) is 12.0 Å². The third kappa shape index (κ3) is 5.84. The molecule has 1 aliphatic rings. The largest absolute Gasteiger partial charge is 0.364 e. The maximum atomic E-state index is 12.8. The first-order valence-electron chi connectivity index (χ1n) is 10.8. The van der Waals surface area contributed by atoms with Gasteiger partial charge in [-0.25, -0.2) is 13.1 Å². The molecule has 1 fully saturated rings. The van der Waals surface area contributed by atoms with Gasteiger partial charge in [-0.05, 0) is 85.3 Å². The fourth-order valence-corrected chi connectivity index (χ4v) is 6.20. The van der Waals surface area contributed by atoms with Gasteiger partial charge >= 0.3 is 0 Å². The first-order valence-corrected chi connectivity index (χ1v) is 13.4. The van der Waals surface area contributed by atoms with E-state index in [4.69, 9.17) is 34.8 Å². The number of hydrogen-bond donors (Lipinski definition) is 1. The van der Waals surface area contributed by atoms with Crippen LogP contribution in [0.15, 0.2) is 71.6 Å². The van der Waals surface area contributed by atoms with Crippen molar-refractivity contribution in [3.8, 4) is 0 Å². The SMILES string of the molecule is Cc1cccc(S(=O)(=O)NCC2CCC(c3ccc(Cl)cc3Cl)N(c3ccc(Cl)cc3)C2)c1. The van der Waals surface area contributed by atoms with E-state index in [2.05, 4.69) is 9.62 Å². The summed E-state index contributed by atoms with van der Waals surface area (Å²) in [6, 6.07) is 20.3. The summed E-state index contributed by atoms with van der Waals surface area (Å²) in [7, 11) is -3.57. The third-order valence-corrected chi connectivity index (χ3v) is 8.26. The van der Waals surface area contributed by atoms with E-state index in [1.165, 1.54) is 0 Å². The van der Waals surface area contributed by atoms with E-state index in [0.29, 0.717) is 33.1 Å². The minimum atomic E-state index is -3.57. The van der Waals surface area contributed by atoms with Gasteiger partial charge in [-0.3, -0.25) is 0 Å². The molecule has 0 aromatic heterocycles. The third-order valence-electron chi connectivity index (χ3n) is 6.02. The van der Waals surface area contributed by atoms with Crippen LogP contribution >= 0.6 is 34.8 Å². The highest BCUT2D eigenvalue weighted by Crippen LogP contribution is 2.40. The Morgan fingerprint density at radius 1 is 0.939 bits per heavy atom. The predicted molar refractivity (Wildman–Crippen MR) is 137 cm³/mol. The number of aryl methyl sites for hydroxylation is 1. The van der Waals surface area contributed by atoms with Crippen molar-refractivity contribution in [2.24, 2.45) is 5.92 Å². The van der Waals surface area contributed by atoms with Crippen molar-refractivity contribution in [1.29, 1.82) is 0 Å². The maximum absolute atomic E-state index is 12.8. The Kier molecular flexibility index (Phi) is 7.56. The van der Waals surface area contributed by atoms with Crippen molar-refractivity contribution < 1.29 is 8.42 Å². The summed E-state index contributed by atoms with van der Waals surface area (Å²) in [5.74, 6) is 0.141. The number of nitrogens with one attached hydrogen (secondary N) is 1. The molecule has 1 N–H and O–H groups in total. The zero-order valence-electron chi connectivity index (χ0n) is 18.1. The van der Waals surface area contributed by atoms with Crippen LogP contribution in [0, 0.1) is 12.8 Å². The Bertz CT molecular complexity index is 1230. The molecule has 3 aromatic rings. The number of hydrogen-bond acceptors (Lipinski definition) is 3. The minimum absolute atomic E-state index is 0.0561. The van der Waals surface area contributed by atoms with Crippen LogP contribution < -0.4 is 9.62 Å². The van der Waals surface area contributed by atoms with Crippen LogP contribution in [-0.2, 0) is 10.0 Å². The van der Waals surface area contributed by atoms with Crippen LogP contribution in [0.1, 0.15) is 30.0 Å². The van der Waals surface area contributed by atoms with Crippen molar-refractivity contribution in [1.82, 2.24) is 4.72 Å². The standard InChI is InChI=1S/C25H25Cl3N2O2S/c1-17-3-2-4-22(13-17)33(31,32)29-15-18-5-12-25(23-11-8-20(27)14-24(23)28)30(16-18)21-9-6-19(26)7-10-21/h2-4,6-11,13-14,18,25,29H,5,12,15-16H2,1H3. The number of halogens is 3. The van der Waals surface area contributed by atoms with Gasteiger partial charge in [-0.2, -0.15) is 0 Å². The quantitative estimate of drug-likeness (QED) is 0.383. The van der Waals surface area contributed by atoms with Gasteiger partial charge in [-0.1, -0.05) is 53.0 Å². The molecule has 2 atom stereocenters. The molecule has 0 spiro atoms. The van der Waals surface area contributed by atoms with Crippen molar-refractivity contribution in [2.45, 2.75) is 30.7 Å². The summed E-state index contributed by atoms with van der Waals surface area (Å²) in [6.45, 7) is 2.93. The zero-order chi connectivity index (χ0) is 23.6. The fraction of sp³-hybridized carbons (Fsp3) is 0.280. The molecule has 0 bridgehead atoms. The highest BCUT2D eigenvalue weighted by molar-refractivity contribution is 7.89. The van der Waals surface area contributed by atoms with Gasteiger partial charge in [0.1, 0.15) is 0 Å². The van der Waals surface area contributed by atoms with Gasteiger partial charge in [-0.15, -0.1) is 0 Å². The second-order valence-corrected chi connectivity index (χ2v) is 11.5. The van der Waals surface area contributed by atoms with Gasteiger partial charge in [0.05, 0.1) is 10.9 Å². The smallest absolute Gasteiger partial charge is 0.240 e. The summed E-state index contributed by atoms with van der Waals surface area (Å²) in [4.78, 5) is 2.57. The van der Waals surface area contributed by atoms with E-state index in [1.807, 2.05) is 49.4 Å². The molecular weight excluding hydrogens is 499 g/mol. The van der Waals surface area contributed by atoms with Crippen molar-refractivity contribution in [3.63, 3.8) is 0 Å². The van der Waals surface area contributed by atoms with E-state index in [9.17, 15) is 8.42 Å². The minimum Gasteiger partial charge on any atom is -0.364 e. The lowest BCUT2D eigenvalue weighted by Gasteiger charge is -2.42. The molecule has 3 aromatic carbocycles. The average molecular weight is 524 g/mol. The summed E-state index contributed by atoms with van der Waals surface area (Å²) in [5, 5.41) is 1.89. The Morgan fingerprint density at radius 2 is 1.67 bits per heavy atom. The normalized spacial score (nSPS) is 19.0. The van der Waals surface area contributed by atoms with E-state index in [0.717, 1.165) is 29.7 Å². The van der Waals surface area contributed by atoms with Gasteiger partial charge < -0.3 is 4.90 Å². The van der Waals surface area contributed by atoms with Gasteiger partial charge in [0.15, 0.2) is 0 Å². The zero-order valence-corrected chi connectivity index (χ0v) is 21.2. The molecule has 1 aliphatic heterocycles. The van der Waals surface area contributed by atoms with Crippen LogP contribution in [0.2, 0.25) is 15.1 Å². The molecule has 0 amide bonds. The van der Waals surface area contributed by atoms with Crippen molar-refractivity contribution >= 4 is 50.5 Å². The van der Waals surface area contributed by atoms with E-state index >= 15 is 0 Å². The molecule has 4 nitrogen and oxygen atoms in total. The summed E-state index contributed by atoms with van der Waals surface area (Å²) < 4.78 is 28.4. The molecule has 0 aliphatic carbocycles. The second kappa shape index (κ2) is 10.2. The summed E-state index contributed by atoms with van der Waals surface area (Å²) in [5.41, 5.74) is 2.93. The van der Waals surface area contributed by atoms with Crippen molar-refractivity contribution in [2.75, 3.05) is 18.0 Å². The molecular formula is C25H25Cl3N2O2S. The molecule has 174 valence electrons. The number of nitrogens with zero attached hydrogens (tertiary/aromatic N) is 1. The number of benzene rings is 3. The van der Waals surface area contributed by atoms with Crippen LogP contribution in [-0.4, -0.2) is 21.5 Å². The van der Waals surface area contributed by atoms with Gasteiger partial charge in [0.25, 0.3) is 0 Å². The maximum Gasteiger partial charge on any atom is 0.240 e. The summed E-state index contributed by atoms with van der Waals surface area (Å²) in [6.07, 6.45) is 1.70. The fourth-order valence-electron chi connectivity index (χ4n) is 4.32. The molecule has 1 heterocycles. The average Bonchev–Trinajstić information content (AvgIpc) is 2.78. The molecule has 0 saturated carbocycles. The molecule has 33 heavy (non-hydrogen) atoms. The molecule has 8 heteroatoms. The Morgan fingerprint density at radius 3 is 2.36 bits per heavy atom. The molecule has 2 unspecified atom stereocenters. The Labute approximate surface area is 210 Å². The van der Waals surface area contributed by atoms with Crippen LogP contribution in [0.5, 0.6) is 0 Å². The molecule has 1 saturated heterocycles. The van der Waals surface area contributed by atoms with Gasteiger partial charge in [0.2, 0.25) is 10.0 Å². The second-order valence-electron chi connectivity index (χ2n) is 8.42. The monoisotopic (exact) mass is 522 g/mol. The number of anilines is 1. The number of rotatable bonds is 6. The first-order chi connectivity index (χ1) is 15.7. The summed E-state index contributed by atoms with van der Waals surface area (Å²) >= 11 is 18.8. The lowest BCUT2D eigenvalue weighted by Crippen LogP contribution is -2.42. The Hall–Kier alpha value is -1.76. The number of sulfonamides is 1. The lowest BCUT2D eigenvalue weighted by atomic mass is 9.88. The highest BCUT2D eigenvalue weighted by atomic mass is 35.5. The van der Waals surface area contributed by atoms with Crippen LogP contribution in [0.25, 0.3) is 0 Å². The van der Waals surface area contributed by atoms with E-state index in [1.54, 1.807) is 24.3 Å². The predicted octanol–water partition coefficient (Wildman–Crippen LogP) is 6.89. The van der Waals surface area contributed by atoms with Crippen LogP contribution in [0.3, 0.4) is 0 Å². The van der Waals surface area contributed by atoms with E-state index < -0.39 is 10.0 Å². The Balaban J connectivity index is 1.55. The molecule has 0 radical (unpaired) electrons. The lowest BCUT2D eigenvalue weighted by molar-refractivity contribution is 0.358. The van der Waals surface area contributed by atoms with Gasteiger partial charge in [0, 0.05) is 33.8 Å².